The Bertz CT molecular complexity index is 1050. The quantitative estimate of drug-likeness (QED) is 0.0321. The highest BCUT2D eigenvalue weighted by Crippen LogP contribution is 2.18. The third-order valence-electron chi connectivity index (χ3n) is 15.1. The van der Waals surface area contributed by atoms with Crippen molar-refractivity contribution in [2.75, 3.05) is 13.2 Å². The fraction of sp³-hybridized carbons (Fsp3) is 0.938. The summed E-state index contributed by atoms with van der Waals surface area (Å²) in [6, 6.07) is -0.625. The predicted molar refractivity (Wildman–Crippen MR) is 306 cm³/mol. The van der Waals surface area contributed by atoms with Gasteiger partial charge in [-0.25, -0.2) is 0 Å². The lowest BCUT2D eigenvalue weighted by Crippen LogP contribution is -2.45. The van der Waals surface area contributed by atoms with Crippen LogP contribution < -0.4 is 5.32 Å². The molecule has 0 fully saturated rings. The molecule has 0 bridgehead atoms. The summed E-state index contributed by atoms with van der Waals surface area (Å²) in [6.45, 7) is 4.93. The minimum absolute atomic E-state index is 0.0188. The number of ether oxygens (including phenoxy) is 1. The molecule has 0 rings (SSSR count). The van der Waals surface area contributed by atoms with E-state index in [4.69, 9.17) is 4.74 Å². The number of carbonyl (C=O) groups excluding carboxylic acids is 2. The van der Waals surface area contributed by atoms with Gasteiger partial charge in [0.2, 0.25) is 5.91 Å². The Labute approximate surface area is 438 Å². The van der Waals surface area contributed by atoms with Crippen molar-refractivity contribution in [1.29, 1.82) is 0 Å². The third kappa shape index (κ3) is 55.9. The first-order valence-corrected chi connectivity index (χ1v) is 32.0. The maximum Gasteiger partial charge on any atom is 0.305 e. The number of unbranched alkanes of at least 4 members (excludes halogenated alkanes) is 49. The second-order valence-electron chi connectivity index (χ2n) is 22.1. The van der Waals surface area contributed by atoms with Crippen molar-refractivity contribution >= 4 is 11.9 Å². The van der Waals surface area contributed by atoms with Crippen molar-refractivity contribution in [3.8, 4) is 0 Å². The average Bonchev–Trinajstić information content (AvgIpc) is 3.36. The molecule has 0 heterocycles. The highest BCUT2D eigenvalue weighted by molar-refractivity contribution is 5.76. The van der Waals surface area contributed by atoms with Crippen molar-refractivity contribution in [1.82, 2.24) is 5.32 Å². The van der Waals surface area contributed by atoms with E-state index in [1.807, 2.05) is 6.08 Å². The molecule has 0 saturated heterocycles. The van der Waals surface area contributed by atoms with Crippen LogP contribution in [0.3, 0.4) is 0 Å². The SMILES string of the molecule is CCCCCCCCCCCCCC/C=C/C(O)C(CO)NC(=O)CCCCCCCCCCCCCCCCCCCCCCCCCCCOC(=O)CCCCCCCCCCCCCCCC. The normalized spacial score (nSPS) is 12.6. The Morgan fingerprint density at radius 2 is 0.657 bits per heavy atom. The van der Waals surface area contributed by atoms with Crippen LogP contribution in [0.2, 0.25) is 0 Å². The second kappa shape index (κ2) is 60.2. The third-order valence-corrected chi connectivity index (χ3v) is 15.1. The van der Waals surface area contributed by atoms with E-state index in [0.717, 1.165) is 38.5 Å². The van der Waals surface area contributed by atoms with Crippen LogP contribution in [0.15, 0.2) is 12.2 Å². The Kier molecular flexibility index (Phi) is 59.0. The van der Waals surface area contributed by atoms with E-state index in [1.54, 1.807) is 6.08 Å². The van der Waals surface area contributed by atoms with Crippen molar-refractivity contribution in [2.24, 2.45) is 0 Å². The summed E-state index contributed by atoms with van der Waals surface area (Å²) in [5.41, 5.74) is 0. The molecule has 416 valence electrons. The maximum atomic E-state index is 12.5. The van der Waals surface area contributed by atoms with Crippen LogP contribution in [0.25, 0.3) is 0 Å². The first kappa shape index (κ1) is 68.6. The van der Waals surface area contributed by atoms with Gasteiger partial charge in [-0.1, -0.05) is 328 Å². The first-order chi connectivity index (χ1) is 34.5. The van der Waals surface area contributed by atoms with Gasteiger partial charge in [0, 0.05) is 12.8 Å². The second-order valence-corrected chi connectivity index (χ2v) is 22.1. The van der Waals surface area contributed by atoms with Crippen LogP contribution in [0.5, 0.6) is 0 Å². The average molecular weight is 989 g/mol. The van der Waals surface area contributed by atoms with E-state index in [0.29, 0.717) is 19.4 Å². The summed E-state index contributed by atoms with van der Waals surface area (Å²) in [5.74, 6) is -0.0454. The van der Waals surface area contributed by atoms with Gasteiger partial charge in [0.15, 0.2) is 0 Å². The molecule has 2 unspecified atom stereocenters. The lowest BCUT2D eigenvalue weighted by Gasteiger charge is -2.20. The number of allylic oxidation sites excluding steroid dienone is 1. The number of hydrogen-bond acceptors (Lipinski definition) is 5. The zero-order valence-corrected chi connectivity index (χ0v) is 47.5. The molecule has 1 amide bonds. The van der Waals surface area contributed by atoms with Gasteiger partial charge in [-0.3, -0.25) is 9.59 Å². The number of esters is 1. The summed E-state index contributed by atoms with van der Waals surface area (Å²) in [7, 11) is 0. The fourth-order valence-corrected chi connectivity index (χ4v) is 10.2. The maximum absolute atomic E-state index is 12.5. The lowest BCUT2D eigenvalue weighted by atomic mass is 10.0. The highest BCUT2D eigenvalue weighted by atomic mass is 16.5. The molecule has 0 aromatic rings. The molecular weight excluding hydrogens is 863 g/mol. The molecule has 0 aliphatic rings. The van der Waals surface area contributed by atoms with E-state index in [2.05, 4.69) is 19.2 Å². The fourth-order valence-electron chi connectivity index (χ4n) is 10.2. The minimum atomic E-state index is -0.842. The summed E-state index contributed by atoms with van der Waals surface area (Å²) in [5, 5.41) is 23.1. The summed E-state index contributed by atoms with van der Waals surface area (Å²) in [4.78, 5) is 24.5. The number of aliphatic hydroxyl groups excluding tert-OH is 2. The zero-order chi connectivity index (χ0) is 50.7. The van der Waals surface area contributed by atoms with Crippen LogP contribution >= 0.6 is 0 Å². The molecule has 0 aromatic carbocycles. The van der Waals surface area contributed by atoms with Gasteiger partial charge >= 0.3 is 5.97 Å². The van der Waals surface area contributed by atoms with Crippen molar-refractivity contribution < 1.29 is 24.5 Å². The van der Waals surface area contributed by atoms with E-state index < -0.39 is 12.1 Å². The molecule has 3 N–H and O–H groups in total. The first-order valence-electron chi connectivity index (χ1n) is 32.0. The summed E-state index contributed by atoms with van der Waals surface area (Å²) < 4.78 is 5.49. The van der Waals surface area contributed by atoms with Gasteiger partial charge in [-0.15, -0.1) is 0 Å². The van der Waals surface area contributed by atoms with Crippen molar-refractivity contribution in [3.63, 3.8) is 0 Å². The molecule has 2 atom stereocenters. The van der Waals surface area contributed by atoms with Crippen LogP contribution in [0.4, 0.5) is 0 Å². The molecule has 6 nitrogen and oxygen atoms in total. The molecule has 0 saturated carbocycles. The smallest absolute Gasteiger partial charge is 0.305 e. The van der Waals surface area contributed by atoms with Crippen LogP contribution in [-0.4, -0.2) is 47.4 Å². The Morgan fingerprint density at radius 3 is 0.971 bits per heavy atom. The van der Waals surface area contributed by atoms with Gasteiger partial charge in [0.05, 0.1) is 25.4 Å². The van der Waals surface area contributed by atoms with E-state index in [-0.39, 0.29) is 18.5 Å². The van der Waals surface area contributed by atoms with E-state index >= 15 is 0 Å². The molecule has 70 heavy (non-hydrogen) atoms. The van der Waals surface area contributed by atoms with E-state index in [9.17, 15) is 19.8 Å². The summed E-state index contributed by atoms with van der Waals surface area (Å²) >= 11 is 0. The molecule has 0 radical (unpaired) electrons. The van der Waals surface area contributed by atoms with Crippen LogP contribution in [0, 0.1) is 0 Å². The number of carbonyl (C=O) groups is 2. The highest BCUT2D eigenvalue weighted by Gasteiger charge is 2.18. The number of aliphatic hydroxyl groups is 2. The largest absolute Gasteiger partial charge is 0.466 e. The van der Waals surface area contributed by atoms with Gasteiger partial charge < -0.3 is 20.3 Å². The molecule has 0 aliphatic carbocycles. The van der Waals surface area contributed by atoms with Gasteiger partial charge in [-0.05, 0) is 32.1 Å². The number of nitrogens with one attached hydrogen (secondary N) is 1. The topological polar surface area (TPSA) is 95.9 Å². The number of amides is 1. The van der Waals surface area contributed by atoms with Gasteiger partial charge in [0.25, 0.3) is 0 Å². The predicted octanol–water partition coefficient (Wildman–Crippen LogP) is 20.0. The Hall–Kier alpha value is -1.40. The monoisotopic (exact) mass is 988 g/mol. The van der Waals surface area contributed by atoms with Crippen LogP contribution in [0.1, 0.15) is 361 Å². The molecule has 6 heteroatoms. The van der Waals surface area contributed by atoms with Crippen molar-refractivity contribution in [2.45, 2.75) is 373 Å². The Balaban J connectivity index is 3.36. The lowest BCUT2D eigenvalue weighted by molar-refractivity contribution is -0.143. The van der Waals surface area contributed by atoms with Gasteiger partial charge in [-0.2, -0.15) is 0 Å². The molecule has 0 spiro atoms. The number of hydrogen-bond donors (Lipinski definition) is 3. The standard InChI is InChI=1S/C64H125NO5/c1-3-5-7-9-11-13-15-17-32-36-40-44-48-52-56-62(67)61(60-66)65-63(68)57-53-49-45-41-37-33-30-28-26-24-22-20-19-21-23-25-27-29-31-35-39-43-47-51-55-59-70-64(69)58-54-50-46-42-38-34-18-16-14-12-10-8-6-4-2/h52,56,61-62,66-67H,3-51,53-55,57-60H2,1-2H3,(H,65,68)/b56-52+. The van der Waals surface area contributed by atoms with E-state index in [1.165, 1.54) is 295 Å². The molecular formula is C64H125NO5. The van der Waals surface area contributed by atoms with Crippen molar-refractivity contribution in [3.05, 3.63) is 12.2 Å². The number of rotatable bonds is 60. The summed E-state index contributed by atoms with van der Waals surface area (Å²) in [6.07, 6.45) is 72.6. The zero-order valence-electron chi connectivity index (χ0n) is 47.5. The minimum Gasteiger partial charge on any atom is -0.466 e. The molecule has 0 aliphatic heterocycles. The van der Waals surface area contributed by atoms with Gasteiger partial charge in [0.1, 0.15) is 0 Å². The molecule has 0 aromatic heterocycles. The van der Waals surface area contributed by atoms with Crippen LogP contribution in [-0.2, 0) is 14.3 Å². The Morgan fingerprint density at radius 1 is 0.386 bits per heavy atom.